The van der Waals surface area contributed by atoms with Gasteiger partial charge in [-0.05, 0) is 24.1 Å². The van der Waals surface area contributed by atoms with Crippen LogP contribution < -0.4 is 5.32 Å². The van der Waals surface area contributed by atoms with Crippen molar-refractivity contribution < 1.29 is 19.0 Å². The molecule has 0 radical (unpaired) electrons. The normalized spacial score (nSPS) is 11.4. The van der Waals surface area contributed by atoms with E-state index < -0.39 is 5.82 Å². The molecule has 1 aromatic carbocycles. The number of aliphatic hydroxyl groups is 1. The summed E-state index contributed by atoms with van der Waals surface area (Å²) in [4.78, 5) is 11.9. The Labute approximate surface area is 124 Å². The lowest BCUT2D eigenvalue weighted by molar-refractivity contribution is -0.117. The van der Waals surface area contributed by atoms with Crippen molar-refractivity contribution in [3.63, 3.8) is 0 Å². The highest BCUT2D eigenvalue weighted by Gasteiger charge is 2.11. The molecule has 114 valence electrons. The summed E-state index contributed by atoms with van der Waals surface area (Å²) >= 11 is 0. The van der Waals surface area contributed by atoms with Crippen molar-refractivity contribution in [2.24, 2.45) is 5.92 Å². The summed E-state index contributed by atoms with van der Waals surface area (Å²) in [6, 6.07) is 4.02. The van der Waals surface area contributed by atoms with Crippen LogP contribution in [-0.4, -0.2) is 31.3 Å². The molecule has 0 bridgehead atoms. The molecule has 0 saturated heterocycles. The average molecular weight is 293 g/mol. The Morgan fingerprint density at radius 2 is 2.29 bits per heavy atom. The first-order chi connectivity index (χ1) is 10.1. The van der Waals surface area contributed by atoms with Crippen LogP contribution in [0.4, 0.5) is 10.1 Å². The van der Waals surface area contributed by atoms with Crippen molar-refractivity contribution in [2.45, 2.75) is 19.8 Å². The third-order valence-electron chi connectivity index (χ3n) is 2.70. The smallest absolute Gasteiger partial charge is 0.224 e. The third-order valence-corrected chi connectivity index (χ3v) is 2.70. The molecule has 1 atom stereocenters. The first-order valence-electron chi connectivity index (χ1n) is 6.75. The summed E-state index contributed by atoms with van der Waals surface area (Å²) < 4.78 is 18.2. The molecule has 0 spiro atoms. The molecule has 0 aliphatic heterocycles. The zero-order valence-electron chi connectivity index (χ0n) is 12.3. The number of amides is 1. The SMILES string of the molecule is COCC(C)CC(=O)Nc1ccc(F)cc1C#CCCO. The fourth-order valence-corrected chi connectivity index (χ4v) is 1.80. The molecule has 0 saturated carbocycles. The monoisotopic (exact) mass is 293 g/mol. The van der Waals surface area contributed by atoms with Gasteiger partial charge in [-0.2, -0.15) is 0 Å². The van der Waals surface area contributed by atoms with Gasteiger partial charge in [0.25, 0.3) is 0 Å². The second kappa shape index (κ2) is 9.11. The van der Waals surface area contributed by atoms with Crippen molar-refractivity contribution in [1.82, 2.24) is 0 Å². The summed E-state index contributed by atoms with van der Waals surface area (Å²) in [5.74, 6) is 4.97. The van der Waals surface area contributed by atoms with Crippen LogP contribution in [0, 0.1) is 23.6 Å². The van der Waals surface area contributed by atoms with Gasteiger partial charge in [0, 0.05) is 26.6 Å². The van der Waals surface area contributed by atoms with E-state index in [9.17, 15) is 9.18 Å². The Morgan fingerprint density at radius 3 is 2.95 bits per heavy atom. The van der Waals surface area contributed by atoms with Gasteiger partial charge in [-0.1, -0.05) is 18.8 Å². The van der Waals surface area contributed by atoms with Crippen LogP contribution in [0.3, 0.4) is 0 Å². The molecule has 2 N–H and O–H groups in total. The lowest BCUT2D eigenvalue weighted by atomic mass is 10.1. The Morgan fingerprint density at radius 1 is 1.52 bits per heavy atom. The number of nitrogens with one attached hydrogen (secondary N) is 1. The highest BCUT2D eigenvalue weighted by molar-refractivity contribution is 5.92. The number of ether oxygens (including phenoxy) is 1. The molecule has 0 aliphatic carbocycles. The summed E-state index contributed by atoms with van der Waals surface area (Å²) in [7, 11) is 1.59. The Bertz CT molecular complexity index is 534. The number of carbonyl (C=O) groups excluding carboxylic acids is 1. The van der Waals surface area contributed by atoms with E-state index in [0.717, 1.165) is 0 Å². The van der Waals surface area contributed by atoms with Crippen molar-refractivity contribution >= 4 is 11.6 Å². The highest BCUT2D eigenvalue weighted by Crippen LogP contribution is 2.17. The lowest BCUT2D eigenvalue weighted by Gasteiger charge is -2.11. The molecule has 1 rings (SSSR count). The fourth-order valence-electron chi connectivity index (χ4n) is 1.80. The Hall–Kier alpha value is -1.90. The minimum absolute atomic E-state index is 0.0570. The maximum absolute atomic E-state index is 13.3. The summed E-state index contributed by atoms with van der Waals surface area (Å²) in [6.45, 7) is 2.36. The van der Waals surface area contributed by atoms with E-state index in [1.165, 1.54) is 18.2 Å². The van der Waals surface area contributed by atoms with E-state index in [-0.39, 0.29) is 18.4 Å². The molecule has 0 aliphatic rings. The number of hydrogen-bond donors (Lipinski definition) is 2. The average Bonchev–Trinajstić information content (AvgIpc) is 2.42. The molecule has 0 heterocycles. The van der Waals surface area contributed by atoms with Crippen LogP contribution in [0.2, 0.25) is 0 Å². The van der Waals surface area contributed by atoms with Crippen molar-refractivity contribution in [3.05, 3.63) is 29.6 Å². The zero-order valence-corrected chi connectivity index (χ0v) is 12.3. The van der Waals surface area contributed by atoms with Crippen molar-refractivity contribution in [3.8, 4) is 11.8 Å². The molecule has 5 heteroatoms. The van der Waals surface area contributed by atoms with Gasteiger partial charge in [-0.25, -0.2) is 4.39 Å². The Kier molecular flexibility index (Phi) is 7.44. The number of methoxy groups -OCH3 is 1. The highest BCUT2D eigenvalue weighted by atomic mass is 19.1. The quantitative estimate of drug-likeness (QED) is 0.790. The second-order valence-corrected chi connectivity index (χ2v) is 4.78. The van der Waals surface area contributed by atoms with E-state index in [1.54, 1.807) is 7.11 Å². The number of aliphatic hydroxyl groups excluding tert-OH is 1. The molecule has 0 fully saturated rings. The van der Waals surface area contributed by atoms with Gasteiger partial charge in [-0.15, -0.1) is 0 Å². The van der Waals surface area contributed by atoms with Crippen LogP contribution in [0.5, 0.6) is 0 Å². The number of rotatable bonds is 6. The van der Waals surface area contributed by atoms with Crippen LogP contribution in [0.15, 0.2) is 18.2 Å². The molecular weight excluding hydrogens is 273 g/mol. The van der Waals surface area contributed by atoms with Gasteiger partial charge in [0.2, 0.25) is 5.91 Å². The first-order valence-corrected chi connectivity index (χ1v) is 6.75. The van der Waals surface area contributed by atoms with Crippen LogP contribution in [0.25, 0.3) is 0 Å². The van der Waals surface area contributed by atoms with Gasteiger partial charge < -0.3 is 15.2 Å². The topological polar surface area (TPSA) is 58.6 Å². The Balaban J connectivity index is 2.78. The summed E-state index contributed by atoms with van der Waals surface area (Å²) in [6.07, 6.45) is 0.615. The number of anilines is 1. The zero-order chi connectivity index (χ0) is 15.7. The minimum Gasteiger partial charge on any atom is -0.395 e. The predicted octanol–water partition coefficient (Wildman–Crippen LogP) is 2.17. The number of benzene rings is 1. The van der Waals surface area contributed by atoms with Gasteiger partial charge in [0.05, 0.1) is 17.9 Å². The molecule has 1 aromatic rings. The third kappa shape index (κ3) is 6.39. The van der Waals surface area contributed by atoms with Crippen molar-refractivity contribution in [1.29, 1.82) is 0 Å². The second-order valence-electron chi connectivity index (χ2n) is 4.78. The largest absolute Gasteiger partial charge is 0.395 e. The molecule has 0 aromatic heterocycles. The molecule has 1 amide bonds. The van der Waals surface area contributed by atoms with Crippen LogP contribution in [0.1, 0.15) is 25.3 Å². The first kappa shape index (κ1) is 17.2. The maximum atomic E-state index is 13.3. The maximum Gasteiger partial charge on any atom is 0.224 e. The minimum atomic E-state index is -0.422. The number of hydrogen-bond acceptors (Lipinski definition) is 3. The van der Waals surface area contributed by atoms with E-state index in [0.29, 0.717) is 30.7 Å². The van der Waals surface area contributed by atoms with E-state index in [4.69, 9.17) is 9.84 Å². The fraction of sp³-hybridized carbons (Fsp3) is 0.438. The molecule has 4 nitrogen and oxygen atoms in total. The van der Waals surface area contributed by atoms with Crippen LogP contribution in [-0.2, 0) is 9.53 Å². The summed E-state index contributed by atoms with van der Waals surface area (Å²) in [5.41, 5.74) is 0.868. The molecule has 1 unspecified atom stereocenters. The van der Waals surface area contributed by atoms with Crippen LogP contribution >= 0.6 is 0 Å². The van der Waals surface area contributed by atoms with E-state index in [2.05, 4.69) is 17.2 Å². The molecule has 21 heavy (non-hydrogen) atoms. The number of carbonyl (C=O) groups is 1. The molecular formula is C16H20FNO3. The standard InChI is InChI=1S/C16H20FNO3/c1-12(11-21-2)9-16(20)18-15-7-6-14(17)10-13(15)5-3-4-8-19/h6-7,10,12,19H,4,8-9,11H2,1-2H3,(H,18,20). The van der Waals surface area contributed by atoms with E-state index in [1.807, 2.05) is 6.92 Å². The van der Waals surface area contributed by atoms with Gasteiger partial charge in [0.1, 0.15) is 5.82 Å². The van der Waals surface area contributed by atoms with Gasteiger partial charge in [0.15, 0.2) is 0 Å². The lowest BCUT2D eigenvalue weighted by Crippen LogP contribution is -2.18. The number of halogens is 1. The summed E-state index contributed by atoms with van der Waals surface area (Å²) in [5, 5.41) is 11.4. The van der Waals surface area contributed by atoms with E-state index >= 15 is 0 Å². The van der Waals surface area contributed by atoms with Crippen molar-refractivity contribution in [2.75, 3.05) is 25.6 Å². The predicted molar refractivity (Wildman–Crippen MR) is 79.3 cm³/mol. The van der Waals surface area contributed by atoms with Gasteiger partial charge >= 0.3 is 0 Å². The van der Waals surface area contributed by atoms with Gasteiger partial charge in [-0.3, -0.25) is 4.79 Å².